The summed E-state index contributed by atoms with van der Waals surface area (Å²) in [5.41, 5.74) is -1.63. The second-order valence-corrected chi connectivity index (χ2v) is 8.72. The number of furan rings is 1. The van der Waals surface area contributed by atoms with Crippen LogP contribution < -0.4 is 16.1 Å². The minimum Gasteiger partial charge on any atom is -0.467 e. The van der Waals surface area contributed by atoms with E-state index >= 15 is 0 Å². The molecular formula is C23H26F3N3O4. The van der Waals surface area contributed by atoms with Gasteiger partial charge >= 0.3 is 6.18 Å². The Morgan fingerprint density at radius 1 is 1.00 bits per heavy atom. The maximum Gasteiger partial charge on any atom is 0.415 e. The molecule has 2 aromatic heterocycles. The van der Waals surface area contributed by atoms with Crippen molar-refractivity contribution in [2.24, 2.45) is 0 Å². The lowest BCUT2D eigenvalue weighted by atomic mass is 10.1. The smallest absolute Gasteiger partial charge is 0.415 e. The van der Waals surface area contributed by atoms with Gasteiger partial charge in [-0.05, 0) is 37.8 Å². The number of alkyl halides is 3. The van der Waals surface area contributed by atoms with Crippen LogP contribution in [0.3, 0.4) is 0 Å². The van der Waals surface area contributed by atoms with E-state index in [4.69, 9.17) is 4.42 Å². The van der Waals surface area contributed by atoms with E-state index in [9.17, 15) is 27.6 Å². The van der Waals surface area contributed by atoms with Crippen molar-refractivity contribution in [3.05, 3.63) is 57.9 Å². The summed E-state index contributed by atoms with van der Waals surface area (Å²) >= 11 is 0. The zero-order valence-electron chi connectivity index (χ0n) is 18.0. The van der Waals surface area contributed by atoms with Gasteiger partial charge in [0.2, 0.25) is 5.43 Å². The van der Waals surface area contributed by atoms with Crippen molar-refractivity contribution in [2.75, 3.05) is 0 Å². The lowest BCUT2D eigenvalue weighted by Crippen LogP contribution is -2.42. The number of amides is 2. The van der Waals surface area contributed by atoms with Crippen LogP contribution in [0.2, 0.25) is 0 Å². The van der Waals surface area contributed by atoms with Crippen molar-refractivity contribution < 1.29 is 27.2 Å². The van der Waals surface area contributed by atoms with Crippen molar-refractivity contribution in [3.8, 4) is 0 Å². The quantitative estimate of drug-likeness (QED) is 0.624. The number of carbonyl (C=O) groups excluding carboxylic acids is 2. The predicted octanol–water partition coefficient (Wildman–Crippen LogP) is 4.26. The minimum atomic E-state index is -4.84. The van der Waals surface area contributed by atoms with Gasteiger partial charge < -0.3 is 19.6 Å². The van der Waals surface area contributed by atoms with Crippen LogP contribution in [0, 0.1) is 0 Å². The second kappa shape index (κ2) is 9.44. The molecule has 0 radical (unpaired) electrons. The molecule has 2 aromatic rings. The molecule has 2 fully saturated rings. The number of nitrogens with zero attached hydrogens (tertiary/aromatic N) is 1. The van der Waals surface area contributed by atoms with Crippen LogP contribution in [-0.2, 0) is 0 Å². The van der Waals surface area contributed by atoms with Crippen LogP contribution in [0.15, 0.2) is 40.0 Å². The van der Waals surface area contributed by atoms with Gasteiger partial charge in [0, 0.05) is 24.5 Å². The maximum absolute atomic E-state index is 13.6. The molecule has 2 aliphatic carbocycles. The van der Waals surface area contributed by atoms with Gasteiger partial charge in [-0.3, -0.25) is 14.4 Å². The zero-order valence-corrected chi connectivity index (χ0v) is 18.0. The van der Waals surface area contributed by atoms with Gasteiger partial charge in [-0.1, -0.05) is 25.7 Å². The first-order valence-corrected chi connectivity index (χ1v) is 11.2. The topological polar surface area (TPSA) is 93.3 Å². The molecule has 1 atom stereocenters. The monoisotopic (exact) mass is 465 g/mol. The summed E-state index contributed by atoms with van der Waals surface area (Å²) < 4.78 is 47.1. The summed E-state index contributed by atoms with van der Waals surface area (Å²) in [4.78, 5) is 38.8. The molecule has 178 valence electrons. The molecule has 4 rings (SSSR count). The highest BCUT2D eigenvalue weighted by atomic mass is 19.4. The highest BCUT2D eigenvalue weighted by molar-refractivity contribution is 5.99. The highest BCUT2D eigenvalue weighted by Crippen LogP contribution is 2.35. The molecule has 33 heavy (non-hydrogen) atoms. The third kappa shape index (κ3) is 5.48. The van der Waals surface area contributed by atoms with E-state index in [1.54, 1.807) is 4.57 Å². The molecule has 2 amide bonds. The number of nitrogens with one attached hydrogen (secondary N) is 2. The summed E-state index contributed by atoms with van der Waals surface area (Å²) in [5.74, 6) is -2.31. The normalized spacial score (nSPS) is 18.4. The predicted molar refractivity (Wildman–Crippen MR) is 113 cm³/mol. The third-order valence-corrected chi connectivity index (χ3v) is 6.12. The van der Waals surface area contributed by atoms with Crippen LogP contribution >= 0.6 is 0 Å². The summed E-state index contributed by atoms with van der Waals surface area (Å²) in [7, 11) is 0. The van der Waals surface area contributed by atoms with Gasteiger partial charge in [-0.25, -0.2) is 0 Å². The summed E-state index contributed by atoms with van der Waals surface area (Å²) in [6, 6.07) is -0.113. The first-order valence-electron chi connectivity index (χ1n) is 11.2. The van der Waals surface area contributed by atoms with E-state index in [-0.39, 0.29) is 17.6 Å². The van der Waals surface area contributed by atoms with Crippen molar-refractivity contribution in [3.63, 3.8) is 0 Å². The van der Waals surface area contributed by atoms with Gasteiger partial charge in [0.1, 0.15) is 16.9 Å². The van der Waals surface area contributed by atoms with Crippen molar-refractivity contribution in [2.45, 2.75) is 75.7 Å². The molecule has 10 heteroatoms. The van der Waals surface area contributed by atoms with E-state index in [0.29, 0.717) is 0 Å². The highest BCUT2D eigenvalue weighted by Gasteiger charge is 2.44. The molecule has 2 aliphatic rings. The fraction of sp³-hybridized carbons (Fsp3) is 0.522. The molecule has 2 N–H and O–H groups in total. The van der Waals surface area contributed by atoms with Gasteiger partial charge in [0.05, 0.1) is 6.26 Å². The number of pyridine rings is 1. The number of hydrogen-bond acceptors (Lipinski definition) is 4. The van der Waals surface area contributed by atoms with E-state index in [2.05, 4.69) is 5.32 Å². The lowest BCUT2D eigenvalue weighted by molar-refractivity contribution is -0.159. The van der Waals surface area contributed by atoms with Gasteiger partial charge in [0.15, 0.2) is 6.04 Å². The molecule has 0 saturated heterocycles. The molecule has 0 bridgehead atoms. The Balaban J connectivity index is 1.62. The number of carbonyl (C=O) groups is 2. The van der Waals surface area contributed by atoms with Crippen LogP contribution in [0.25, 0.3) is 0 Å². The Morgan fingerprint density at radius 2 is 1.64 bits per heavy atom. The Bertz CT molecular complexity index is 1050. The molecular weight excluding hydrogens is 439 g/mol. The number of hydrogen-bond donors (Lipinski definition) is 2. The Kier molecular flexibility index (Phi) is 6.62. The summed E-state index contributed by atoms with van der Waals surface area (Å²) in [6.07, 6.45) is 6.20. The minimum absolute atomic E-state index is 0.00469. The molecule has 0 unspecified atom stereocenters. The largest absolute Gasteiger partial charge is 0.467 e. The van der Waals surface area contributed by atoms with Crippen molar-refractivity contribution in [1.82, 2.24) is 15.2 Å². The first-order chi connectivity index (χ1) is 15.7. The Morgan fingerprint density at radius 3 is 2.18 bits per heavy atom. The molecule has 7 nitrogen and oxygen atoms in total. The first kappa shape index (κ1) is 23.1. The van der Waals surface area contributed by atoms with E-state index in [1.165, 1.54) is 18.5 Å². The van der Waals surface area contributed by atoms with E-state index in [0.717, 1.165) is 63.7 Å². The maximum atomic E-state index is 13.6. The van der Waals surface area contributed by atoms with Crippen LogP contribution in [0.5, 0.6) is 0 Å². The van der Waals surface area contributed by atoms with Gasteiger partial charge in [-0.2, -0.15) is 13.2 Å². The van der Waals surface area contributed by atoms with E-state index in [1.807, 2.05) is 5.32 Å². The number of halogens is 3. The second-order valence-electron chi connectivity index (χ2n) is 8.72. The molecule has 0 aliphatic heterocycles. The zero-order chi connectivity index (χ0) is 23.6. The van der Waals surface area contributed by atoms with E-state index < -0.39 is 40.8 Å². The molecule has 2 heterocycles. The Hall–Kier alpha value is -3.04. The molecule has 0 spiro atoms. The molecule has 0 aromatic carbocycles. The standard InChI is InChI=1S/C23H26F3N3O4/c24-23(25,26)20(18-8-5-11-33-18)28-22(32)17-13-29(15-9-10-15)12-16(19(17)30)21(31)27-14-6-3-1-2-4-7-14/h5,8,11-15,20H,1-4,6-7,9-10H2,(H,27,31)(H,28,32)/t20-/m1/s1. The van der Waals surface area contributed by atoms with Crippen molar-refractivity contribution in [1.29, 1.82) is 0 Å². The number of rotatable bonds is 6. The Labute approximate surface area is 188 Å². The van der Waals surface area contributed by atoms with Crippen LogP contribution in [-0.4, -0.2) is 28.6 Å². The number of aromatic nitrogens is 1. The fourth-order valence-electron chi connectivity index (χ4n) is 4.17. The van der Waals surface area contributed by atoms with Crippen LogP contribution in [0.4, 0.5) is 13.2 Å². The lowest BCUT2D eigenvalue weighted by Gasteiger charge is -2.20. The van der Waals surface area contributed by atoms with Crippen molar-refractivity contribution >= 4 is 11.8 Å². The summed E-state index contributed by atoms with van der Waals surface area (Å²) in [6.45, 7) is 0. The molecule has 2 saturated carbocycles. The summed E-state index contributed by atoms with van der Waals surface area (Å²) in [5, 5.41) is 4.73. The fourth-order valence-corrected chi connectivity index (χ4v) is 4.17. The SMILES string of the molecule is O=C(NC1CCCCCC1)c1cn(C2CC2)cc(C(=O)N[C@H](c2ccco2)C(F)(F)F)c1=O. The van der Waals surface area contributed by atoms with Gasteiger partial charge in [0.25, 0.3) is 11.8 Å². The van der Waals surface area contributed by atoms with Gasteiger partial charge in [-0.15, -0.1) is 0 Å². The third-order valence-electron chi connectivity index (χ3n) is 6.12. The van der Waals surface area contributed by atoms with Crippen LogP contribution in [0.1, 0.15) is 89.9 Å². The average molecular weight is 465 g/mol. The average Bonchev–Trinajstić information content (AvgIpc) is 3.53.